The van der Waals surface area contributed by atoms with Crippen molar-refractivity contribution >= 4 is 33.2 Å². The van der Waals surface area contributed by atoms with Crippen molar-refractivity contribution in [3.8, 4) is 0 Å². The van der Waals surface area contributed by atoms with Gasteiger partial charge in [-0.15, -0.1) is 0 Å². The van der Waals surface area contributed by atoms with Crippen LogP contribution in [0.25, 0.3) is 5.57 Å². The quantitative estimate of drug-likeness (QED) is 0.411. The Bertz CT molecular complexity index is 1190. The van der Waals surface area contributed by atoms with Gasteiger partial charge in [0.2, 0.25) is 10.0 Å². The van der Waals surface area contributed by atoms with E-state index in [9.17, 15) is 13.2 Å². The number of rotatable bonds is 10. The third-order valence-electron chi connectivity index (χ3n) is 4.74. The molecular formula is C24H23ClN2O4S. The number of hydrogen-bond donors (Lipinski definition) is 2. The first-order valence-corrected chi connectivity index (χ1v) is 11.9. The Kier molecular flexibility index (Phi) is 8.16. The van der Waals surface area contributed by atoms with E-state index in [-0.39, 0.29) is 17.9 Å². The van der Waals surface area contributed by atoms with E-state index in [1.807, 2.05) is 42.5 Å². The van der Waals surface area contributed by atoms with E-state index in [1.54, 1.807) is 12.4 Å². The van der Waals surface area contributed by atoms with Crippen LogP contribution in [0.2, 0.25) is 5.02 Å². The zero-order valence-electron chi connectivity index (χ0n) is 17.2. The van der Waals surface area contributed by atoms with Crippen molar-refractivity contribution in [1.82, 2.24) is 9.71 Å². The molecular weight excluding hydrogens is 448 g/mol. The van der Waals surface area contributed by atoms with E-state index in [4.69, 9.17) is 16.7 Å². The summed E-state index contributed by atoms with van der Waals surface area (Å²) in [5.41, 5.74) is 3.52. The van der Waals surface area contributed by atoms with Gasteiger partial charge in [0, 0.05) is 35.9 Å². The van der Waals surface area contributed by atoms with Crippen molar-refractivity contribution < 1.29 is 18.3 Å². The second-order valence-corrected chi connectivity index (χ2v) is 9.33. The van der Waals surface area contributed by atoms with Gasteiger partial charge in [0.1, 0.15) is 0 Å². The molecule has 0 unspecified atom stereocenters. The van der Waals surface area contributed by atoms with Gasteiger partial charge in [0.15, 0.2) is 0 Å². The molecule has 6 nitrogen and oxygen atoms in total. The summed E-state index contributed by atoms with van der Waals surface area (Å²) in [6.07, 6.45) is 6.66. The van der Waals surface area contributed by atoms with Crippen LogP contribution >= 0.6 is 11.6 Å². The number of sulfonamides is 1. The standard InChI is InChI=1S/C24H23ClN2O4S/c25-21-10-12-22(13-11-21)32(30,31)27-16-18-5-3-6-19(15-18)23(8-1-2-9-24(28)29)20-7-4-14-26-17-20/h3-8,10-15,17,27H,1-2,9,16H2,(H,28,29)/b23-8+. The summed E-state index contributed by atoms with van der Waals surface area (Å²) in [6, 6.07) is 17.3. The number of unbranched alkanes of at least 4 members (excludes halogenated alkanes) is 1. The summed E-state index contributed by atoms with van der Waals surface area (Å²) in [6.45, 7) is 0.123. The first-order valence-electron chi connectivity index (χ1n) is 10.0. The molecule has 2 N–H and O–H groups in total. The van der Waals surface area contributed by atoms with E-state index in [2.05, 4.69) is 9.71 Å². The van der Waals surface area contributed by atoms with Gasteiger partial charge >= 0.3 is 5.97 Å². The lowest BCUT2D eigenvalue weighted by atomic mass is 9.96. The number of pyridine rings is 1. The predicted octanol–water partition coefficient (Wildman–Crippen LogP) is 4.90. The minimum absolute atomic E-state index is 0.101. The lowest BCUT2D eigenvalue weighted by molar-refractivity contribution is -0.137. The van der Waals surface area contributed by atoms with Crippen LogP contribution in [0.15, 0.2) is 84.0 Å². The fraction of sp³-hybridized carbons (Fsp3) is 0.167. The van der Waals surface area contributed by atoms with Crippen LogP contribution in [0.4, 0.5) is 0 Å². The number of nitrogens with one attached hydrogen (secondary N) is 1. The largest absolute Gasteiger partial charge is 0.481 e. The van der Waals surface area contributed by atoms with Crippen LogP contribution in [-0.4, -0.2) is 24.5 Å². The van der Waals surface area contributed by atoms with Gasteiger partial charge in [-0.2, -0.15) is 0 Å². The van der Waals surface area contributed by atoms with Crippen LogP contribution < -0.4 is 4.72 Å². The van der Waals surface area contributed by atoms with Crippen molar-refractivity contribution in [2.75, 3.05) is 0 Å². The maximum absolute atomic E-state index is 12.6. The predicted molar refractivity (Wildman–Crippen MR) is 125 cm³/mol. The second kappa shape index (κ2) is 11.0. The summed E-state index contributed by atoms with van der Waals surface area (Å²) in [5.74, 6) is -0.823. The lowest BCUT2D eigenvalue weighted by Gasteiger charge is -2.12. The summed E-state index contributed by atoms with van der Waals surface area (Å²) in [4.78, 5) is 15.1. The number of allylic oxidation sites excluding steroid dienone is 1. The van der Waals surface area contributed by atoms with Gasteiger partial charge in [-0.25, -0.2) is 13.1 Å². The SMILES string of the molecule is O=C(O)CCC/C=C(/c1cccnc1)c1cccc(CNS(=O)(=O)c2ccc(Cl)cc2)c1. The smallest absolute Gasteiger partial charge is 0.303 e. The molecule has 0 saturated carbocycles. The highest BCUT2D eigenvalue weighted by atomic mass is 35.5. The Labute approximate surface area is 192 Å². The minimum atomic E-state index is -3.68. The first-order chi connectivity index (χ1) is 15.3. The third kappa shape index (κ3) is 6.75. The Balaban J connectivity index is 1.80. The Morgan fingerprint density at radius 3 is 2.50 bits per heavy atom. The molecule has 0 radical (unpaired) electrons. The highest BCUT2D eigenvalue weighted by Gasteiger charge is 2.14. The highest BCUT2D eigenvalue weighted by molar-refractivity contribution is 7.89. The highest BCUT2D eigenvalue weighted by Crippen LogP contribution is 2.25. The maximum atomic E-state index is 12.6. The molecule has 3 rings (SSSR count). The van der Waals surface area contributed by atoms with E-state index in [0.29, 0.717) is 17.9 Å². The summed E-state index contributed by atoms with van der Waals surface area (Å²) >= 11 is 5.84. The van der Waals surface area contributed by atoms with E-state index < -0.39 is 16.0 Å². The topological polar surface area (TPSA) is 96.4 Å². The molecule has 2 aromatic carbocycles. The number of carboxylic acid groups (broad SMARTS) is 1. The van der Waals surface area contributed by atoms with E-state index in [1.165, 1.54) is 24.3 Å². The third-order valence-corrected chi connectivity index (χ3v) is 6.41. The van der Waals surface area contributed by atoms with Crippen LogP contribution in [0.1, 0.15) is 36.0 Å². The minimum Gasteiger partial charge on any atom is -0.481 e. The van der Waals surface area contributed by atoms with E-state index in [0.717, 1.165) is 22.3 Å². The van der Waals surface area contributed by atoms with Crippen molar-refractivity contribution in [3.05, 3.63) is 101 Å². The normalized spacial score (nSPS) is 12.0. The molecule has 166 valence electrons. The first kappa shape index (κ1) is 23.7. The molecule has 0 fully saturated rings. The number of hydrogen-bond acceptors (Lipinski definition) is 4. The number of nitrogens with zero attached hydrogens (tertiary/aromatic N) is 1. The average Bonchev–Trinajstić information content (AvgIpc) is 2.79. The number of benzene rings is 2. The Hall–Kier alpha value is -3.00. The van der Waals surface area contributed by atoms with Crippen LogP contribution in [-0.2, 0) is 21.4 Å². The molecule has 0 saturated heterocycles. The Morgan fingerprint density at radius 2 is 1.81 bits per heavy atom. The number of carbonyl (C=O) groups is 1. The molecule has 1 heterocycles. The Morgan fingerprint density at radius 1 is 1.06 bits per heavy atom. The average molecular weight is 471 g/mol. The molecule has 0 bridgehead atoms. The molecule has 8 heteroatoms. The number of carboxylic acids is 1. The monoisotopic (exact) mass is 470 g/mol. The van der Waals surface area contributed by atoms with Crippen molar-refractivity contribution in [1.29, 1.82) is 0 Å². The number of aliphatic carboxylic acids is 1. The van der Waals surface area contributed by atoms with Crippen molar-refractivity contribution in [2.45, 2.75) is 30.7 Å². The van der Waals surface area contributed by atoms with Crippen LogP contribution in [0.5, 0.6) is 0 Å². The molecule has 0 aliphatic carbocycles. The maximum Gasteiger partial charge on any atom is 0.303 e. The molecule has 0 aliphatic heterocycles. The molecule has 0 amide bonds. The molecule has 0 spiro atoms. The van der Waals surface area contributed by atoms with Crippen molar-refractivity contribution in [3.63, 3.8) is 0 Å². The molecule has 0 atom stereocenters. The fourth-order valence-corrected chi connectivity index (χ4v) is 4.29. The van der Waals surface area contributed by atoms with Gasteiger partial charge in [-0.05, 0) is 65.9 Å². The zero-order chi connectivity index (χ0) is 23.0. The molecule has 0 aliphatic rings. The number of halogens is 1. The summed E-state index contributed by atoms with van der Waals surface area (Å²) in [7, 11) is -3.68. The van der Waals surface area contributed by atoms with Crippen LogP contribution in [0.3, 0.4) is 0 Å². The summed E-state index contributed by atoms with van der Waals surface area (Å²) < 4.78 is 27.7. The van der Waals surface area contributed by atoms with Crippen LogP contribution in [0, 0.1) is 0 Å². The molecule has 3 aromatic rings. The molecule has 1 aromatic heterocycles. The van der Waals surface area contributed by atoms with Crippen molar-refractivity contribution in [2.24, 2.45) is 0 Å². The fourth-order valence-electron chi connectivity index (χ4n) is 3.15. The van der Waals surface area contributed by atoms with Gasteiger partial charge in [-0.3, -0.25) is 9.78 Å². The molecule has 32 heavy (non-hydrogen) atoms. The van der Waals surface area contributed by atoms with E-state index >= 15 is 0 Å². The van der Waals surface area contributed by atoms with Gasteiger partial charge in [0.25, 0.3) is 0 Å². The number of aromatic nitrogens is 1. The zero-order valence-corrected chi connectivity index (χ0v) is 18.8. The van der Waals surface area contributed by atoms with Gasteiger partial charge < -0.3 is 5.11 Å². The summed E-state index contributed by atoms with van der Waals surface area (Å²) in [5, 5.41) is 9.34. The second-order valence-electron chi connectivity index (χ2n) is 7.12. The van der Waals surface area contributed by atoms with Gasteiger partial charge in [-0.1, -0.05) is 41.9 Å². The van der Waals surface area contributed by atoms with Gasteiger partial charge in [0.05, 0.1) is 4.90 Å². The lowest BCUT2D eigenvalue weighted by Crippen LogP contribution is -2.23.